The molecule has 1 fully saturated rings. The third-order valence-corrected chi connectivity index (χ3v) is 3.63. The predicted molar refractivity (Wildman–Crippen MR) is 79.5 cm³/mol. The highest BCUT2D eigenvalue weighted by Crippen LogP contribution is 2.20. The van der Waals surface area contributed by atoms with Crippen LogP contribution in [0.3, 0.4) is 0 Å². The zero-order chi connectivity index (χ0) is 15.1. The van der Waals surface area contributed by atoms with Crippen LogP contribution in [0.15, 0.2) is 24.3 Å². The van der Waals surface area contributed by atoms with Gasteiger partial charge in [-0.05, 0) is 56.5 Å². The van der Waals surface area contributed by atoms with E-state index in [0.717, 1.165) is 31.7 Å². The van der Waals surface area contributed by atoms with Gasteiger partial charge >= 0.3 is 5.97 Å². The molecule has 1 saturated heterocycles. The Morgan fingerprint density at radius 2 is 2.05 bits per heavy atom. The monoisotopic (exact) mass is 293 g/mol. The molecule has 5 nitrogen and oxygen atoms in total. The number of hydrogen-bond acceptors (Lipinski definition) is 5. The van der Waals surface area contributed by atoms with Crippen molar-refractivity contribution in [2.45, 2.75) is 19.8 Å². The Morgan fingerprint density at radius 3 is 2.71 bits per heavy atom. The number of nitrogens with zero attached hydrogens (tertiary/aromatic N) is 1. The van der Waals surface area contributed by atoms with E-state index >= 15 is 0 Å². The van der Waals surface area contributed by atoms with Crippen molar-refractivity contribution in [2.24, 2.45) is 5.92 Å². The quantitative estimate of drug-likeness (QED) is 0.612. The molecular formula is C16H23NO4. The normalized spacial score (nSPS) is 18.7. The molecule has 1 heterocycles. The van der Waals surface area contributed by atoms with Gasteiger partial charge in [0.25, 0.3) is 0 Å². The molecule has 5 heteroatoms. The van der Waals surface area contributed by atoms with Crippen LogP contribution in [0.1, 0.15) is 19.8 Å². The van der Waals surface area contributed by atoms with Gasteiger partial charge in [-0.3, -0.25) is 9.69 Å². The van der Waals surface area contributed by atoms with Gasteiger partial charge in [-0.2, -0.15) is 0 Å². The molecule has 1 atom stereocenters. The first-order chi connectivity index (χ1) is 10.2. The first kappa shape index (κ1) is 15.8. The lowest BCUT2D eigenvalue weighted by atomic mass is 10.1. The zero-order valence-electron chi connectivity index (χ0n) is 12.5. The van der Waals surface area contributed by atoms with Crippen molar-refractivity contribution in [1.82, 2.24) is 4.90 Å². The zero-order valence-corrected chi connectivity index (χ0v) is 12.5. The summed E-state index contributed by atoms with van der Waals surface area (Å²) >= 11 is 0. The summed E-state index contributed by atoms with van der Waals surface area (Å²) in [6.45, 7) is 4.81. The maximum Gasteiger partial charge on any atom is 0.325 e. The van der Waals surface area contributed by atoms with Crippen molar-refractivity contribution in [3.63, 3.8) is 0 Å². The van der Waals surface area contributed by atoms with Crippen molar-refractivity contribution in [1.29, 1.82) is 0 Å². The number of carbonyl (C=O) groups is 1. The molecule has 0 bridgehead atoms. The molecule has 0 amide bonds. The van der Waals surface area contributed by atoms with Crippen molar-refractivity contribution in [3.8, 4) is 11.5 Å². The molecule has 0 aliphatic carbocycles. The SMILES string of the molecule is CCOc1ccc(OC(=O)CN2CCC(CCO)C2)cc1. The maximum atomic E-state index is 11.9. The van der Waals surface area contributed by atoms with Gasteiger partial charge in [-0.25, -0.2) is 0 Å². The van der Waals surface area contributed by atoms with E-state index in [4.69, 9.17) is 14.6 Å². The third-order valence-electron chi connectivity index (χ3n) is 3.63. The molecule has 0 aromatic heterocycles. The fraction of sp³-hybridized carbons (Fsp3) is 0.562. The maximum absolute atomic E-state index is 11.9. The highest BCUT2D eigenvalue weighted by Gasteiger charge is 2.24. The Balaban J connectivity index is 1.76. The molecule has 1 N–H and O–H groups in total. The number of esters is 1. The highest BCUT2D eigenvalue weighted by molar-refractivity contribution is 5.74. The van der Waals surface area contributed by atoms with Crippen molar-refractivity contribution >= 4 is 5.97 Å². The van der Waals surface area contributed by atoms with Gasteiger partial charge < -0.3 is 14.6 Å². The van der Waals surface area contributed by atoms with Crippen LogP contribution in [0, 0.1) is 5.92 Å². The molecule has 1 aliphatic rings. The summed E-state index contributed by atoms with van der Waals surface area (Å²) in [4.78, 5) is 14.0. The molecule has 1 aromatic carbocycles. The Bertz CT molecular complexity index is 446. The minimum Gasteiger partial charge on any atom is -0.494 e. The summed E-state index contributed by atoms with van der Waals surface area (Å²) in [6.07, 6.45) is 1.85. The van der Waals surface area contributed by atoms with Gasteiger partial charge in [0.05, 0.1) is 13.2 Å². The number of hydrogen-bond donors (Lipinski definition) is 1. The number of benzene rings is 1. The lowest BCUT2D eigenvalue weighted by molar-refractivity contribution is -0.135. The van der Waals surface area contributed by atoms with Crippen LogP contribution in [0.2, 0.25) is 0 Å². The van der Waals surface area contributed by atoms with Gasteiger partial charge in [0.1, 0.15) is 11.5 Å². The molecule has 116 valence electrons. The second-order valence-electron chi connectivity index (χ2n) is 5.28. The molecule has 1 aromatic rings. The molecule has 0 saturated carbocycles. The summed E-state index contributed by atoms with van der Waals surface area (Å²) < 4.78 is 10.7. The number of aliphatic hydroxyl groups is 1. The Hall–Kier alpha value is -1.59. The lowest BCUT2D eigenvalue weighted by Gasteiger charge is -2.14. The van der Waals surface area contributed by atoms with E-state index in [1.165, 1.54) is 0 Å². The van der Waals surface area contributed by atoms with Crippen molar-refractivity contribution in [2.75, 3.05) is 32.8 Å². The van der Waals surface area contributed by atoms with Gasteiger partial charge in [-0.15, -0.1) is 0 Å². The number of likely N-dealkylation sites (tertiary alicyclic amines) is 1. The Morgan fingerprint density at radius 1 is 1.33 bits per heavy atom. The lowest BCUT2D eigenvalue weighted by Crippen LogP contribution is -2.30. The molecular weight excluding hydrogens is 270 g/mol. The Labute approximate surface area is 125 Å². The summed E-state index contributed by atoms with van der Waals surface area (Å²) in [5.74, 6) is 1.55. The molecule has 1 aliphatic heterocycles. The second-order valence-corrected chi connectivity index (χ2v) is 5.28. The van der Waals surface area contributed by atoms with Crippen LogP contribution >= 0.6 is 0 Å². The van der Waals surface area contributed by atoms with E-state index in [0.29, 0.717) is 24.8 Å². The molecule has 1 unspecified atom stereocenters. The molecule has 0 radical (unpaired) electrons. The number of ether oxygens (including phenoxy) is 2. The number of carbonyl (C=O) groups excluding carboxylic acids is 1. The number of aliphatic hydroxyl groups excluding tert-OH is 1. The van der Waals surface area contributed by atoms with Crippen molar-refractivity contribution < 1.29 is 19.4 Å². The predicted octanol–water partition coefficient (Wildman–Crippen LogP) is 1.69. The minimum atomic E-state index is -0.246. The van der Waals surface area contributed by atoms with Crippen LogP contribution in [-0.4, -0.2) is 48.8 Å². The molecule has 21 heavy (non-hydrogen) atoms. The second kappa shape index (κ2) is 8.00. The van der Waals surface area contributed by atoms with Gasteiger partial charge in [0.2, 0.25) is 0 Å². The van der Waals surface area contributed by atoms with Crippen LogP contribution < -0.4 is 9.47 Å². The van der Waals surface area contributed by atoms with E-state index in [2.05, 4.69) is 4.90 Å². The Kier molecular flexibility index (Phi) is 6.02. The van der Waals surface area contributed by atoms with Gasteiger partial charge in [0.15, 0.2) is 0 Å². The summed E-state index contributed by atoms with van der Waals surface area (Å²) in [5, 5.41) is 8.93. The highest BCUT2D eigenvalue weighted by atomic mass is 16.5. The fourth-order valence-electron chi connectivity index (χ4n) is 2.59. The molecule has 2 rings (SSSR count). The van der Waals surface area contributed by atoms with E-state index in [1.54, 1.807) is 24.3 Å². The van der Waals surface area contributed by atoms with Crippen LogP contribution in [0.25, 0.3) is 0 Å². The average Bonchev–Trinajstić information content (AvgIpc) is 2.89. The van der Waals surface area contributed by atoms with E-state index in [-0.39, 0.29) is 12.6 Å². The standard InChI is InChI=1S/C16H23NO4/c1-2-20-14-3-5-15(6-4-14)21-16(19)12-17-9-7-13(11-17)8-10-18/h3-6,13,18H,2,7-12H2,1H3. The van der Waals surface area contributed by atoms with E-state index in [9.17, 15) is 4.79 Å². The first-order valence-corrected chi connectivity index (χ1v) is 7.48. The summed E-state index contributed by atoms with van der Waals surface area (Å²) in [6, 6.07) is 7.06. The number of rotatable bonds is 7. The van der Waals surface area contributed by atoms with Crippen LogP contribution in [-0.2, 0) is 4.79 Å². The molecule has 0 spiro atoms. The van der Waals surface area contributed by atoms with Crippen LogP contribution in [0.4, 0.5) is 0 Å². The fourth-order valence-corrected chi connectivity index (χ4v) is 2.59. The van der Waals surface area contributed by atoms with Crippen LogP contribution in [0.5, 0.6) is 11.5 Å². The van der Waals surface area contributed by atoms with E-state index in [1.807, 2.05) is 6.92 Å². The summed E-state index contributed by atoms with van der Waals surface area (Å²) in [5.41, 5.74) is 0. The smallest absolute Gasteiger partial charge is 0.325 e. The largest absolute Gasteiger partial charge is 0.494 e. The minimum absolute atomic E-state index is 0.217. The average molecular weight is 293 g/mol. The van der Waals surface area contributed by atoms with Crippen molar-refractivity contribution in [3.05, 3.63) is 24.3 Å². The van der Waals surface area contributed by atoms with Gasteiger partial charge in [-0.1, -0.05) is 0 Å². The van der Waals surface area contributed by atoms with Gasteiger partial charge in [0, 0.05) is 13.2 Å². The topological polar surface area (TPSA) is 59.0 Å². The third kappa shape index (κ3) is 5.02. The first-order valence-electron chi connectivity index (χ1n) is 7.48. The van der Waals surface area contributed by atoms with E-state index < -0.39 is 0 Å². The summed E-state index contributed by atoms with van der Waals surface area (Å²) in [7, 11) is 0.